The number of nitriles is 1. The van der Waals surface area contributed by atoms with Crippen LogP contribution in [0.4, 0.5) is 0 Å². The molecule has 19 heavy (non-hydrogen) atoms. The molecule has 1 aromatic carbocycles. The highest BCUT2D eigenvalue weighted by atomic mass is 16.5. The summed E-state index contributed by atoms with van der Waals surface area (Å²) < 4.78 is 4.50. The number of aromatic nitrogens is 3. The Balaban J connectivity index is 2.44. The van der Waals surface area contributed by atoms with Crippen molar-refractivity contribution in [3.8, 4) is 17.5 Å². The van der Waals surface area contributed by atoms with E-state index in [4.69, 9.17) is 5.26 Å². The molecule has 2 rings (SSSR count). The van der Waals surface area contributed by atoms with Crippen LogP contribution in [-0.4, -0.2) is 28.1 Å². The summed E-state index contributed by atoms with van der Waals surface area (Å²) in [5, 5.41) is 16.8. The number of carbonyl (C=O) groups excluding carboxylic acids is 1. The van der Waals surface area contributed by atoms with Gasteiger partial charge < -0.3 is 4.74 Å². The first kappa shape index (κ1) is 12.5. The number of nitrogens with zero attached hydrogens (tertiary/aromatic N) is 4. The van der Waals surface area contributed by atoms with Crippen molar-refractivity contribution in [1.29, 1.82) is 5.26 Å². The second-order valence-electron chi connectivity index (χ2n) is 3.55. The van der Waals surface area contributed by atoms with Crippen molar-refractivity contribution in [2.24, 2.45) is 0 Å². The minimum absolute atomic E-state index is 0.429. The lowest BCUT2D eigenvalue weighted by Crippen LogP contribution is -1.94. The minimum Gasteiger partial charge on any atom is -0.466 e. The van der Waals surface area contributed by atoms with Crippen molar-refractivity contribution < 1.29 is 9.53 Å². The van der Waals surface area contributed by atoms with Gasteiger partial charge in [0, 0.05) is 11.6 Å². The van der Waals surface area contributed by atoms with Crippen molar-refractivity contribution in [3.05, 3.63) is 42.1 Å². The number of benzene rings is 1. The van der Waals surface area contributed by atoms with E-state index in [0.717, 1.165) is 10.4 Å². The first-order valence-electron chi connectivity index (χ1n) is 5.43. The van der Waals surface area contributed by atoms with Crippen LogP contribution in [0.5, 0.6) is 0 Å². The molecule has 1 aromatic heterocycles. The predicted molar refractivity (Wildman–Crippen MR) is 67.5 cm³/mol. The van der Waals surface area contributed by atoms with Gasteiger partial charge in [-0.2, -0.15) is 5.26 Å². The fourth-order valence-corrected chi connectivity index (χ4v) is 1.49. The first-order chi connectivity index (χ1) is 9.24. The number of hydrogen-bond acceptors (Lipinski definition) is 5. The van der Waals surface area contributed by atoms with E-state index in [1.165, 1.54) is 19.3 Å². The van der Waals surface area contributed by atoms with Gasteiger partial charge in [-0.3, -0.25) is 0 Å². The zero-order valence-electron chi connectivity index (χ0n) is 10.1. The highest BCUT2D eigenvalue weighted by molar-refractivity contribution is 5.88. The van der Waals surface area contributed by atoms with E-state index in [9.17, 15) is 4.79 Å². The number of carbonyl (C=O) groups is 1. The van der Waals surface area contributed by atoms with Crippen molar-refractivity contribution in [3.63, 3.8) is 0 Å². The van der Waals surface area contributed by atoms with Gasteiger partial charge in [0.15, 0.2) is 0 Å². The Kier molecular flexibility index (Phi) is 3.69. The smallest absolute Gasteiger partial charge is 0.330 e. The minimum atomic E-state index is -0.495. The monoisotopic (exact) mass is 254 g/mol. The van der Waals surface area contributed by atoms with Crippen LogP contribution in [0.25, 0.3) is 17.3 Å². The Morgan fingerprint density at radius 3 is 2.74 bits per heavy atom. The van der Waals surface area contributed by atoms with E-state index in [0.29, 0.717) is 11.4 Å². The Bertz CT molecular complexity index is 653. The summed E-state index contributed by atoms with van der Waals surface area (Å²) in [4.78, 5) is 12.0. The molecular formula is C13H10N4O2. The van der Waals surface area contributed by atoms with Gasteiger partial charge in [0.2, 0.25) is 6.19 Å². The normalized spacial score (nSPS) is 10.3. The summed E-state index contributed by atoms with van der Waals surface area (Å²) in [6, 6.07) is 9.29. The number of methoxy groups -OCH3 is 1. The van der Waals surface area contributed by atoms with Crippen LogP contribution in [0.15, 0.2) is 36.4 Å². The van der Waals surface area contributed by atoms with E-state index in [1.54, 1.807) is 6.19 Å². The van der Waals surface area contributed by atoms with Crippen molar-refractivity contribution >= 4 is 12.0 Å². The summed E-state index contributed by atoms with van der Waals surface area (Å²) in [6.07, 6.45) is 4.51. The van der Waals surface area contributed by atoms with Gasteiger partial charge in [-0.1, -0.05) is 35.1 Å². The molecule has 94 valence electrons. The molecule has 0 unspecified atom stereocenters. The molecule has 0 atom stereocenters. The van der Waals surface area contributed by atoms with Crippen molar-refractivity contribution in [2.45, 2.75) is 0 Å². The third-order valence-electron chi connectivity index (χ3n) is 2.35. The summed E-state index contributed by atoms with van der Waals surface area (Å²) in [7, 11) is 1.29. The molecule has 0 aliphatic carbocycles. The van der Waals surface area contributed by atoms with Crippen LogP contribution in [0, 0.1) is 11.5 Å². The Hall–Kier alpha value is -2.94. The predicted octanol–water partition coefficient (Wildman–Crippen LogP) is 1.46. The van der Waals surface area contributed by atoms with Crippen LogP contribution in [0.3, 0.4) is 0 Å². The maximum atomic E-state index is 11.1. The van der Waals surface area contributed by atoms with E-state index >= 15 is 0 Å². The fourth-order valence-electron chi connectivity index (χ4n) is 1.49. The number of rotatable bonds is 3. The topological polar surface area (TPSA) is 80.8 Å². The molecule has 0 saturated carbocycles. The number of hydrogen-bond donors (Lipinski definition) is 0. The lowest BCUT2D eigenvalue weighted by molar-refractivity contribution is -0.134. The highest BCUT2D eigenvalue weighted by Gasteiger charge is 2.10. The van der Waals surface area contributed by atoms with Crippen molar-refractivity contribution in [1.82, 2.24) is 15.0 Å². The standard InChI is InChI=1S/C13H10N4O2/c1-19-12(18)8-7-11-13(16-17(9-14)15-11)10-5-3-2-4-6-10/h2-8H,1H3/b8-7+. The Labute approximate surface area is 109 Å². The molecule has 0 N–H and O–H groups in total. The zero-order valence-corrected chi connectivity index (χ0v) is 10.1. The molecule has 0 aliphatic heterocycles. The summed E-state index contributed by atoms with van der Waals surface area (Å²) in [5.74, 6) is -0.495. The summed E-state index contributed by atoms with van der Waals surface area (Å²) in [5.41, 5.74) is 1.77. The number of esters is 1. The van der Waals surface area contributed by atoms with E-state index in [2.05, 4.69) is 14.9 Å². The molecule has 6 nitrogen and oxygen atoms in total. The van der Waals surface area contributed by atoms with Gasteiger partial charge in [0.05, 0.1) is 7.11 Å². The van der Waals surface area contributed by atoms with Gasteiger partial charge in [0.1, 0.15) is 11.4 Å². The molecule has 2 aromatic rings. The second kappa shape index (κ2) is 5.60. The maximum absolute atomic E-state index is 11.1. The SMILES string of the molecule is COC(=O)/C=C/c1nn(C#N)nc1-c1ccccc1. The van der Waals surface area contributed by atoms with Crippen LogP contribution in [0.2, 0.25) is 0 Å². The quantitative estimate of drug-likeness (QED) is 0.611. The first-order valence-corrected chi connectivity index (χ1v) is 5.43. The maximum Gasteiger partial charge on any atom is 0.330 e. The zero-order chi connectivity index (χ0) is 13.7. The Morgan fingerprint density at radius 1 is 1.37 bits per heavy atom. The van der Waals surface area contributed by atoms with E-state index in [-0.39, 0.29) is 0 Å². The molecule has 0 spiro atoms. The largest absolute Gasteiger partial charge is 0.466 e. The molecule has 0 saturated heterocycles. The van der Waals surface area contributed by atoms with Gasteiger partial charge in [0.25, 0.3) is 0 Å². The summed E-state index contributed by atoms with van der Waals surface area (Å²) in [6.45, 7) is 0. The highest BCUT2D eigenvalue weighted by Crippen LogP contribution is 2.20. The van der Waals surface area contributed by atoms with Gasteiger partial charge in [-0.05, 0) is 6.08 Å². The van der Waals surface area contributed by atoms with Crippen LogP contribution in [-0.2, 0) is 9.53 Å². The van der Waals surface area contributed by atoms with Crippen LogP contribution in [0.1, 0.15) is 5.69 Å². The third-order valence-corrected chi connectivity index (χ3v) is 2.35. The summed E-state index contributed by atoms with van der Waals surface area (Å²) >= 11 is 0. The molecule has 6 heteroatoms. The van der Waals surface area contributed by atoms with Crippen LogP contribution < -0.4 is 0 Å². The van der Waals surface area contributed by atoms with E-state index < -0.39 is 5.97 Å². The molecular weight excluding hydrogens is 244 g/mol. The molecule has 1 heterocycles. The fraction of sp³-hybridized carbons (Fsp3) is 0.0769. The van der Waals surface area contributed by atoms with E-state index in [1.807, 2.05) is 30.3 Å². The Morgan fingerprint density at radius 2 is 2.11 bits per heavy atom. The average Bonchev–Trinajstić information content (AvgIpc) is 2.89. The van der Waals surface area contributed by atoms with Gasteiger partial charge in [-0.25, -0.2) is 4.79 Å². The van der Waals surface area contributed by atoms with Crippen molar-refractivity contribution in [2.75, 3.05) is 7.11 Å². The molecule has 0 aliphatic rings. The van der Waals surface area contributed by atoms with Gasteiger partial charge in [-0.15, -0.1) is 10.2 Å². The lowest BCUT2D eigenvalue weighted by atomic mass is 10.1. The molecule has 0 bridgehead atoms. The average molecular weight is 254 g/mol. The van der Waals surface area contributed by atoms with Gasteiger partial charge >= 0.3 is 5.97 Å². The molecule has 0 amide bonds. The lowest BCUT2D eigenvalue weighted by Gasteiger charge is -1.95. The second-order valence-corrected chi connectivity index (χ2v) is 3.55. The molecule has 0 radical (unpaired) electrons. The number of ether oxygens (including phenoxy) is 1. The third kappa shape index (κ3) is 2.84. The van der Waals surface area contributed by atoms with Crippen LogP contribution >= 0.6 is 0 Å². The molecule has 0 fully saturated rings.